The van der Waals surface area contributed by atoms with Gasteiger partial charge < -0.3 is 14.2 Å². The molecule has 0 unspecified atom stereocenters. The molecule has 1 aliphatic carbocycles. The highest BCUT2D eigenvalue weighted by Crippen LogP contribution is 2.61. The SMILES string of the molecule is COc1ncnc(OC)c1-n1c(NS(=O)(=O)[C@@H](C)[C@H](OC)c2ncc(Cl)cn2)nnc1[C@H]1[C@H](C)C1(F)F. The molecule has 200 valence electrons. The highest BCUT2D eigenvalue weighted by atomic mass is 35.5. The van der Waals surface area contributed by atoms with E-state index >= 15 is 0 Å². The van der Waals surface area contributed by atoms with E-state index in [2.05, 4.69) is 34.9 Å². The molecular formula is C20H23ClF2N8O5S. The van der Waals surface area contributed by atoms with Gasteiger partial charge in [0.15, 0.2) is 11.5 Å². The smallest absolute Gasteiger partial charge is 0.261 e. The lowest BCUT2D eigenvalue weighted by atomic mass is 10.2. The van der Waals surface area contributed by atoms with E-state index in [4.69, 9.17) is 25.8 Å². The summed E-state index contributed by atoms with van der Waals surface area (Å²) in [5.41, 5.74) is -0.0583. The average molecular weight is 561 g/mol. The number of anilines is 1. The number of aromatic nitrogens is 7. The normalized spacial score (nSPS) is 20.2. The first-order valence-electron chi connectivity index (χ1n) is 10.8. The van der Waals surface area contributed by atoms with Gasteiger partial charge in [-0.25, -0.2) is 27.2 Å². The number of hydrogen-bond donors (Lipinski definition) is 1. The Kier molecular flexibility index (Phi) is 7.18. The van der Waals surface area contributed by atoms with Gasteiger partial charge in [0.1, 0.15) is 23.5 Å². The third-order valence-corrected chi connectivity index (χ3v) is 7.93. The van der Waals surface area contributed by atoms with Crippen molar-refractivity contribution in [3.05, 3.63) is 35.4 Å². The maximum absolute atomic E-state index is 14.4. The van der Waals surface area contributed by atoms with Crippen LogP contribution in [0.4, 0.5) is 14.7 Å². The summed E-state index contributed by atoms with van der Waals surface area (Å²) in [6.45, 7) is 2.71. The molecule has 1 N–H and O–H groups in total. The fourth-order valence-corrected chi connectivity index (χ4v) is 5.08. The Hall–Kier alpha value is -3.24. The quantitative estimate of drug-likeness (QED) is 0.388. The molecular weight excluding hydrogens is 538 g/mol. The highest BCUT2D eigenvalue weighted by Gasteiger charge is 2.68. The summed E-state index contributed by atoms with van der Waals surface area (Å²) in [5, 5.41) is 6.75. The molecule has 1 saturated carbocycles. The molecule has 0 spiro atoms. The van der Waals surface area contributed by atoms with Crippen LogP contribution < -0.4 is 14.2 Å². The van der Waals surface area contributed by atoms with Crippen molar-refractivity contribution in [2.45, 2.75) is 37.0 Å². The van der Waals surface area contributed by atoms with Crippen LogP contribution in [0.25, 0.3) is 5.69 Å². The van der Waals surface area contributed by atoms with Crippen molar-refractivity contribution in [3.63, 3.8) is 0 Å². The predicted octanol–water partition coefficient (Wildman–Crippen LogP) is 2.40. The number of ether oxygens (including phenoxy) is 3. The Labute approximate surface area is 215 Å². The number of sulfonamides is 1. The molecule has 37 heavy (non-hydrogen) atoms. The van der Waals surface area contributed by atoms with E-state index in [1.54, 1.807) is 0 Å². The molecule has 0 saturated heterocycles. The van der Waals surface area contributed by atoms with Gasteiger partial charge in [0.05, 0.1) is 25.2 Å². The minimum absolute atomic E-state index is 0.0583. The molecule has 0 radical (unpaired) electrons. The van der Waals surface area contributed by atoms with Crippen LogP contribution >= 0.6 is 11.6 Å². The van der Waals surface area contributed by atoms with E-state index in [9.17, 15) is 17.2 Å². The Morgan fingerprint density at radius 1 is 1.08 bits per heavy atom. The molecule has 0 aromatic carbocycles. The number of halogens is 3. The van der Waals surface area contributed by atoms with Gasteiger partial charge in [-0.2, -0.15) is 9.97 Å². The maximum atomic E-state index is 14.4. The summed E-state index contributed by atoms with van der Waals surface area (Å²) in [7, 11) is -0.421. The van der Waals surface area contributed by atoms with Crippen LogP contribution in [0.15, 0.2) is 18.7 Å². The Balaban J connectivity index is 1.80. The summed E-state index contributed by atoms with van der Waals surface area (Å²) in [6.07, 6.45) is 2.64. The van der Waals surface area contributed by atoms with Crippen molar-refractivity contribution in [1.29, 1.82) is 0 Å². The molecule has 1 aliphatic rings. The van der Waals surface area contributed by atoms with Gasteiger partial charge >= 0.3 is 0 Å². The highest BCUT2D eigenvalue weighted by molar-refractivity contribution is 7.93. The summed E-state index contributed by atoms with van der Waals surface area (Å²) >= 11 is 5.83. The van der Waals surface area contributed by atoms with Gasteiger partial charge in [-0.15, -0.1) is 10.2 Å². The van der Waals surface area contributed by atoms with Crippen molar-refractivity contribution < 1.29 is 31.4 Å². The van der Waals surface area contributed by atoms with E-state index in [1.807, 2.05) is 0 Å². The molecule has 4 rings (SSSR count). The first kappa shape index (κ1) is 26.8. The Morgan fingerprint density at radius 2 is 1.65 bits per heavy atom. The van der Waals surface area contributed by atoms with Crippen molar-refractivity contribution in [2.75, 3.05) is 26.1 Å². The largest absolute Gasteiger partial charge is 0.479 e. The zero-order chi connectivity index (χ0) is 27.1. The summed E-state index contributed by atoms with van der Waals surface area (Å²) < 4.78 is 75.0. The Bertz CT molecular complexity index is 1370. The minimum atomic E-state index is -4.31. The third kappa shape index (κ3) is 4.75. The van der Waals surface area contributed by atoms with E-state index in [0.717, 1.165) is 10.9 Å². The second kappa shape index (κ2) is 9.90. The first-order valence-corrected chi connectivity index (χ1v) is 12.7. The Morgan fingerprint density at radius 3 is 2.14 bits per heavy atom. The van der Waals surface area contributed by atoms with Gasteiger partial charge in [0.25, 0.3) is 5.92 Å². The number of alkyl halides is 2. The molecule has 3 aromatic rings. The number of methoxy groups -OCH3 is 3. The molecule has 1 fully saturated rings. The lowest BCUT2D eigenvalue weighted by Gasteiger charge is -2.22. The lowest BCUT2D eigenvalue weighted by molar-refractivity contribution is 0.0949. The van der Waals surface area contributed by atoms with E-state index in [-0.39, 0.29) is 34.1 Å². The minimum Gasteiger partial charge on any atom is -0.479 e. The molecule has 0 bridgehead atoms. The fraction of sp³-hybridized carbons (Fsp3) is 0.500. The second-order valence-corrected chi connectivity index (χ2v) is 10.6. The summed E-state index contributed by atoms with van der Waals surface area (Å²) in [6, 6.07) is 0. The molecule has 0 aliphatic heterocycles. The molecule has 3 aromatic heterocycles. The second-order valence-electron chi connectivity index (χ2n) is 8.17. The van der Waals surface area contributed by atoms with Crippen molar-refractivity contribution >= 4 is 27.6 Å². The van der Waals surface area contributed by atoms with Gasteiger partial charge in [-0.1, -0.05) is 18.5 Å². The molecule has 17 heteroatoms. The van der Waals surface area contributed by atoms with Crippen molar-refractivity contribution in [2.24, 2.45) is 5.92 Å². The fourth-order valence-electron chi connectivity index (χ4n) is 3.86. The van der Waals surface area contributed by atoms with Crippen LogP contribution in [-0.2, 0) is 14.8 Å². The van der Waals surface area contributed by atoms with Crippen LogP contribution in [0.5, 0.6) is 11.8 Å². The van der Waals surface area contributed by atoms with Gasteiger partial charge in [0.2, 0.25) is 27.7 Å². The standard InChI is InChI=1S/C20H23ClF2N8O5S/c1-9-12(20(9,22)23)16-28-29-19(31(16)13-17(35-4)26-8-27-18(13)36-5)30-37(32,33)10(2)14(34-3)15-24-6-11(21)7-25-15/h6-10,12,14H,1-5H3,(H,29,30)/t9-,10-,12+,14-/m0/s1. The number of rotatable bonds is 10. The van der Waals surface area contributed by atoms with Crippen LogP contribution in [0.3, 0.4) is 0 Å². The topological polar surface area (TPSA) is 156 Å². The first-order chi connectivity index (χ1) is 17.5. The number of nitrogens with one attached hydrogen (secondary N) is 1. The van der Waals surface area contributed by atoms with Crippen LogP contribution in [0.1, 0.15) is 37.5 Å². The monoisotopic (exact) mass is 560 g/mol. The zero-order valence-corrected chi connectivity index (χ0v) is 21.8. The summed E-state index contributed by atoms with van der Waals surface area (Å²) in [4.78, 5) is 16.1. The number of nitrogens with zero attached hydrogens (tertiary/aromatic N) is 7. The van der Waals surface area contributed by atoms with E-state index in [1.165, 1.54) is 47.6 Å². The van der Waals surface area contributed by atoms with Crippen molar-refractivity contribution in [1.82, 2.24) is 34.7 Å². The summed E-state index contributed by atoms with van der Waals surface area (Å²) in [5.74, 6) is -6.23. The maximum Gasteiger partial charge on any atom is 0.261 e. The van der Waals surface area contributed by atoms with Crippen LogP contribution in [0.2, 0.25) is 5.02 Å². The van der Waals surface area contributed by atoms with Crippen LogP contribution in [0, 0.1) is 5.92 Å². The molecule has 4 atom stereocenters. The van der Waals surface area contributed by atoms with Crippen LogP contribution in [-0.4, -0.2) is 75.6 Å². The van der Waals surface area contributed by atoms with E-state index < -0.39 is 45.1 Å². The van der Waals surface area contributed by atoms with Gasteiger partial charge in [0, 0.05) is 25.4 Å². The van der Waals surface area contributed by atoms with Gasteiger partial charge in [-0.3, -0.25) is 9.29 Å². The van der Waals surface area contributed by atoms with E-state index in [0.29, 0.717) is 0 Å². The number of hydrogen-bond acceptors (Lipinski definition) is 11. The van der Waals surface area contributed by atoms with Crippen molar-refractivity contribution in [3.8, 4) is 17.4 Å². The zero-order valence-electron chi connectivity index (χ0n) is 20.3. The molecule has 3 heterocycles. The average Bonchev–Trinajstić information content (AvgIpc) is 3.15. The molecule has 13 nitrogen and oxygen atoms in total. The van der Waals surface area contributed by atoms with Gasteiger partial charge in [-0.05, 0) is 6.92 Å². The predicted molar refractivity (Wildman–Crippen MR) is 126 cm³/mol. The third-order valence-electron chi connectivity index (χ3n) is 6.04. The lowest BCUT2D eigenvalue weighted by Crippen LogP contribution is -2.33. The molecule has 0 amide bonds.